The van der Waals surface area contributed by atoms with E-state index in [2.05, 4.69) is 33.9 Å². The summed E-state index contributed by atoms with van der Waals surface area (Å²) in [6.45, 7) is 7.07. The summed E-state index contributed by atoms with van der Waals surface area (Å²) in [6.07, 6.45) is 0.842. The summed E-state index contributed by atoms with van der Waals surface area (Å²) < 4.78 is 7.32. The van der Waals surface area contributed by atoms with Crippen LogP contribution in [-0.4, -0.2) is 35.0 Å². The zero-order valence-electron chi connectivity index (χ0n) is 10.2. The maximum absolute atomic E-state index is 5.08. The molecule has 0 saturated carbocycles. The Morgan fingerprint density at radius 2 is 2.31 bits per heavy atom. The van der Waals surface area contributed by atoms with E-state index in [1.165, 1.54) is 0 Å². The molecule has 0 spiro atoms. The maximum atomic E-state index is 5.08. The van der Waals surface area contributed by atoms with Gasteiger partial charge in [-0.3, -0.25) is 0 Å². The minimum atomic E-state index is 0.331. The normalized spacial score (nSPS) is 20.1. The molecule has 1 aromatic heterocycles. The van der Waals surface area contributed by atoms with Crippen molar-refractivity contribution in [1.29, 1.82) is 0 Å². The van der Waals surface area contributed by atoms with E-state index in [9.17, 15) is 0 Å². The summed E-state index contributed by atoms with van der Waals surface area (Å²) in [5.74, 6) is 2.66. The van der Waals surface area contributed by atoms with Gasteiger partial charge < -0.3 is 14.6 Å². The molecule has 16 heavy (non-hydrogen) atoms. The molecule has 1 aliphatic heterocycles. The van der Waals surface area contributed by atoms with Crippen molar-refractivity contribution in [2.75, 3.05) is 20.3 Å². The van der Waals surface area contributed by atoms with Crippen molar-refractivity contribution in [3.05, 3.63) is 11.6 Å². The number of hydrogen-bond acceptors (Lipinski definition) is 4. The molecule has 0 radical (unpaired) electrons. The van der Waals surface area contributed by atoms with E-state index in [1.807, 2.05) is 0 Å². The quantitative estimate of drug-likeness (QED) is 0.820. The molecule has 0 fully saturated rings. The number of methoxy groups -OCH3 is 1. The van der Waals surface area contributed by atoms with Gasteiger partial charge in [0.05, 0.1) is 12.6 Å². The highest BCUT2D eigenvalue weighted by Crippen LogP contribution is 2.23. The van der Waals surface area contributed by atoms with Crippen molar-refractivity contribution in [3.63, 3.8) is 0 Å². The smallest absolute Gasteiger partial charge is 0.150 e. The second-order valence-electron chi connectivity index (χ2n) is 4.54. The average molecular weight is 224 g/mol. The average Bonchev–Trinajstić information content (AvgIpc) is 2.69. The lowest BCUT2D eigenvalue weighted by molar-refractivity contribution is 0.198. The Morgan fingerprint density at radius 1 is 1.50 bits per heavy atom. The SMILES string of the molecule is COCCc1nnc2n1CCNC2C(C)C. The third kappa shape index (κ3) is 2.10. The zero-order chi connectivity index (χ0) is 11.5. The second-order valence-corrected chi connectivity index (χ2v) is 4.54. The molecule has 1 unspecified atom stereocenters. The lowest BCUT2D eigenvalue weighted by atomic mass is 10.0. The number of nitrogens with one attached hydrogen (secondary N) is 1. The van der Waals surface area contributed by atoms with Gasteiger partial charge in [-0.05, 0) is 5.92 Å². The van der Waals surface area contributed by atoms with E-state index < -0.39 is 0 Å². The minimum absolute atomic E-state index is 0.331. The van der Waals surface area contributed by atoms with Crippen LogP contribution in [0.25, 0.3) is 0 Å². The first-order valence-electron chi connectivity index (χ1n) is 5.88. The fraction of sp³-hybridized carbons (Fsp3) is 0.818. The lowest BCUT2D eigenvalue weighted by Crippen LogP contribution is -2.37. The van der Waals surface area contributed by atoms with Gasteiger partial charge in [0, 0.05) is 26.6 Å². The van der Waals surface area contributed by atoms with Gasteiger partial charge in [0.15, 0.2) is 5.82 Å². The Balaban J connectivity index is 2.20. The molecule has 0 aromatic carbocycles. The first kappa shape index (κ1) is 11.5. The van der Waals surface area contributed by atoms with E-state index in [1.54, 1.807) is 7.11 Å². The molecule has 1 aliphatic rings. The summed E-state index contributed by atoms with van der Waals surface area (Å²) in [7, 11) is 1.71. The van der Waals surface area contributed by atoms with Crippen molar-refractivity contribution in [2.45, 2.75) is 32.9 Å². The standard InChI is InChI=1S/C11H20N4O/c1-8(2)10-11-14-13-9(4-7-16-3)15(11)6-5-12-10/h8,10,12H,4-7H2,1-3H3. The topological polar surface area (TPSA) is 52.0 Å². The fourth-order valence-corrected chi connectivity index (χ4v) is 2.16. The van der Waals surface area contributed by atoms with Gasteiger partial charge in [-0.1, -0.05) is 13.8 Å². The Bertz CT molecular complexity index is 348. The largest absolute Gasteiger partial charge is 0.384 e. The van der Waals surface area contributed by atoms with E-state index in [0.717, 1.165) is 31.2 Å². The molecule has 5 heteroatoms. The summed E-state index contributed by atoms with van der Waals surface area (Å²) >= 11 is 0. The third-order valence-electron chi connectivity index (χ3n) is 3.03. The molecule has 5 nitrogen and oxygen atoms in total. The molecule has 1 atom stereocenters. The summed E-state index contributed by atoms with van der Waals surface area (Å²) in [5, 5.41) is 12.1. The predicted octanol–water partition coefficient (Wildman–Crippen LogP) is 0.767. The van der Waals surface area contributed by atoms with Crippen LogP contribution in [0.1, 0.15) is 31.5 Å². The molecule has 0 aliphatic carbocycles. The van der Waals surface area contributed by atoms with Crippen LogP contribution < -0.4 is 5.32 Å². The Labute approximate surface area is 96.2 Å². The van der Waals surface area contributed by atoms with Gasteiger partial charge in [-0.2, -0.15) is 0 Å². The fourth-order valence-electron chi connectivity index (χ4n) is 2.16. The van der Waals surface area contributed by atoms with Gasteiger partial charge in [0.2, 0.25) is 0 Å². The lowest BCUT2D eigenvalue weighted by Gasteiger charge is -2.27. The Kier molecular flexibility index (Phi) is 3.56. The summed E-state index contributed by atoms with van der Waals surface area (Å²) in [6, 6.07) is 0.331. The van der Waals surface area contributed by atoms with Gasteiger partial charge in [0.25, 0.3) is 0 Å². The van der Waals surface area contributed by atoms with Crippen molar-refractivity contribution in [3.8, 4) is 0 Å². The first-order chi connectivity index (χ1) is 7.74. The Morgan fingerprint density at radius 3 is 3.00 bits per heavy atom. The molecular formula is C11H20N4O. The van der Waals surface area contributed by atoms with Crippen molar-refractivity contribution in [2.24, 2.45) is 5.92 Å². The molecular weight excluding hydrogens is 204 g/mol. The molecule has 0 saturated heterocycles. The number of fused-ring (bicyclic) bond motifs is 1. The molecule has 1 aromatic rings. The van der Waals surface area contributed by atoms with Crippen molar-refractivity contribution < 1.29 is 4.74 Å². The molecule has 90 valence electrons. The molecule has 2 heterocycles. The number of ether oxygens (including phenoxy) is 1. The predicted molar refractivity (Wildman–Crippen MR) is 61.2 cm³/mol. The summed E-state index contributed by atoms with van der Waals surface area (Å²) in [4.78, 5) is 0. The van der Waals surface area contributed by atoms with E-state index in [0.29, 0.717) is 18.6 Å². The molecule has 2 rings (SSSR count). The van der Waals surface area contributed by atoms with Crippen LogP contribution in [0, 0.1) is 5.92 Å². The van der Waals surface area contributed by atoms with Crippen LogP contribution in [0.4, 0.5) is 0 Å². The highest BCUT2D eigenvalue weighted by Gasteiger charge is 2.26. The second kappa shape index (κ2) is 4.93. The zero-order valence-corrected chi connectivity index (χ0v) is 10.2. The molecule has 1 N–H and O–H groups in total. The Hall–Kier alpha value is -0.940. The summed E-state index contributed by atoms with van der Waals surface area (Å²) in [5.41, 5.74) is 0. The van der Waals surface area contributed by atoms with Gasteiger partial charge in [-0.15, -0.1) is 10.2 Å². The number of rotatable bonds is 4. The van der Waals surface area contributed by atoms with Crippen LogP contribution in [0.2, 0.25) is 0 Å². The van der Waals surface area contributed by atoms with Crippen LogP contribution in [0.5, 0.6) is 0 Å². The van der Waals surface area contributed by atoms with Crippen LogP contribution in [0.3, 0.4) is 0 Å². The monoisotopic (exact) mass is 224 g/mol. The van der Waals surface area contributed by atoms with Gasteiger partial charge >= 0.3 is 0 Å². The molecule has 0 bridgehead atoms. The molecule has 0 amide bonds. The number of nitrogens with zero attached hydrogens (tertiary/aromatic N) is 3. The van der Waals surface area contributed by atoms with Crippen molar-refractivity contribution >= 4 is 0 Å². The number of hydrogen-bond donors (Lipinski definition) is 1. The number of aromatic nitrogens is 3. The van der Waals surface area contributed by atoms with Crippen LogP contribution in [0.15, 0.2) is 0 Å². The highest BCUT2D eigenvalue weighted by atomic mass is 16.5. The maximum Gasteiger partial charge on any atom is 0.150 e. The third-order valence-corrected chi connectivity index (χ3v) is 3.03. The van der Waals surface area contributed by atoms with Crippen LogP contribution >= 0.6 is 0 Å². The van der Waals surface area contributed by atoms with E-state index >= 15 is 0 Å². The van der Waals surface area contributed by atoms with E-state index in [4.69, 9.17) is 4.74 Å². The van der Waals surface area contributed by atoms with Crippen LogP contribution in [-0.2, 0) is 17.7 Å². The van der Waals surface area contributed by atoms with Gasteiger partial charge in [-0.25, -0.2) is 0 Å². The highest BCUT2D eigenvalue weighted by molar-refractivity contribution is 5.05. The van der Waals surface area contributed by atoms with Crippen molar-refractivity contribution in [1.82, 2.24) is 20.1 Å². The van der Waals surface area contributed by atoms with Gasteiger partial charge in [0.1, 0.15) is 5.82 Å². The first-order valence-corrected chi connectivity index (χ1v) is 5.88. The van der Waals surface area contributed by atoms with E-state index in [-0.39, 0.29) is 0 Å². The minimum Gasteiger partial charge on any atom is -0.384 e.